The molecule has 2 aliphatic rings. The fraction of sp³-hybridized carbons (Fsp3) is 0.500. The van der Waals surface area contributed by atoms with E-state index in [0.717, 1.165) is 4.90 Å². The van der Waals surface area contributed by atoms with Crippen molar-refractivity contribution in [1.82, 2.24) is 40.9 Å². The van der Waals surface area contributed by atoms with Crippen molar-refractivity contribution in [3.8, 4) is 0 Å². The summed E-state index contributed by atoms with van der Waals surface area (Å²) in [5.41, 5.74) is 1.38. The number of hydrogen-bond donors (Lipinski definition) is 5. The van der Waals surface area contributed by atoms with Crippen LogP contribution in [-0.4, -0.2) is 173 Å². The van der Waals surface area contributed by atoms with E-state index in [9.17, 15) is 57.8 Å². The van der Waals surface area contributed by atoms with Crippen LogP contribution >= 0.6 is 0 Å². The van der Waals surface area contributed by atoms with E-state index in [0.29, 0.717) is 28.9 Å². The predicted octanol–water partition coefficient (Wildman–Crippen LogP) is 3.65. The molecule has 0 aliphatic carbocycles. The number of rotatable bonds is 30. The molecule has 2 fully saturated rings. The maximum absolute atomic E-state index is 13.3. The SMILES string of the molecule is C=CCNC(=O)C(=O)C(CCC)NC(=O)[C@@H]1CN(CCCC(=O)OCC)C(=O)N1C(=O)OCc1ccccc1.C=CCNC(=O)C(O)C(CCC)NC(=O)[C@@H]1CN(CCCC(=O)OCC)C(=O)N1C(=O)OCc1ccccc1. The van der Waals surface area contributed by atoms with Crippen LogP contribution in [-0.2, 0) is 65.7 Å². The summed E-state index contributed by atoms with van der Waals surface area (Å²) in [6, 6.07) is 11.5. The van der Waals surface area contributed by atoms with Crippen LogP contribution in [0.4, 0.5) is 19.2 Å². The lowest BCUT2D eigenvalue weighted by atomic mass is 10.0. The van der Waals surface area contributed by atoms with Gasteiger partial charge in [-0.1, -0.05) is 99.5 Å². The number of benzene rings is 2. The van der Waals surface area contributed by atoms with E-state index >= 15 is 0 Å². The minimum atomic E-state index is -1.55. The average Bonchev–Trinajstić information content (AvgIpc) is 3.95. The average molecular weight is 1090 g/mol. The Morgan fingerprint density at radius 1 is 0.628 bits per heavy atom. The largest absolute Gasteiger partial charge is 0.466 e. The van der Waals surface area contributed by atoms with Gasteiger partial charge in [0.05, 0.1) is 38.4 Å². The molecule has 24 nitrogen and oxygen atoms in total. The van der Waals surface area contributed by atoms with Crippen LogP contribution in [0.1, 0.15) is 90.2 Å². The van der Waals surface area contributed by atoms with E-state index < -0.39 is 95.9 Å². The zero-order valence-corrected chi connectivity index (χ0v) is 44.8. The number of Topliss-reactive ketones (excluding diaryl/α,β-unsaturated/α-hetero) is 1. The van der Waals surface area contributed by atoms with Crippen LogP contribution in [0.25, 0.3) is 0 Å². The molecule has 0 radical (unpaired) electrons. The van der Waals surface area contributed by atoms with Crippen molar-refractivity contribution in [3.63, 3.8) is 0 Å². The van der Waals surface area contributed by atoms with E-state index in [1.165, 1.54) is 22.0 Å². The Bertz CT molecular complexity index is 2370. The molecule has 2 saturated heterocycles. The number of carbonyl (C=O) groups is 11. The van der Waals surface area contributed by atoms with Gasteiger partial charge >= 0.3 is 36.2 Å². The Morgan fingerprint density at radius 2 is 1.06 bits per heavy atom. The van der Waals surface area contributed by atoms with Crippen molar-refractivity contribution in [3.05, 3.63) is 97.1 Å². The number of ether oxygens (including phenoxy) is 4. The highest BCUT2D eigenvalue weighted by Gasteiger charge is 2.48. The number of ketones is 1. The first kappa shape index (κ1) is 64.1. The van der Waals surface area contributed by atoms with Crippen LogP contribution in [0, 0.1) is 0 Å². The number of esters is 2. The molecule has 5 atom stereocenters. The van der Waals surface area contributed by atoms with Crippen molar-refractivity contribution >= 4 is 65.6 Å². The number of hydrogen-bond acceptors (Lipinski definition) is 16. The Hall–Kier alpha value is -8.15. The molecule has 0 aromatic heterocycles. The zero-order chi connectivity index (χ0) is 57.6. The molecule has 5 N–H and O–H groups in total. The third-order valence-electron chi connectivity index (χ3n) is 11.8. The summed E-state index contributed by atoms with van der Waals surface area (Å²) in [5, 5.41) is 20.6. The molecule has 2 heterocycles. The summed E-state index contributed by atoms with van der Waals surface area (Å²) >= 11 is 0. The summed E-state index contributed by atoms with van der Waals surface area (Å²) in [7, 11) is 0. The molecule has 10 amide bonds. The summed E-state index contributed by atoms with van der Waals surface area (Å²) in [5.74, 6) is -4.75. The molecule has 3 unspecified atom stereocenters. The van der Waals surface area contributed by atoms with E-state index in [4.69, 9.17) is 18.9 Å². The molecule has 2 aliphatic heterocycles. The number of nitrogens with one attached hydrogen (secondary N) is 4. The quantitative estimate of drug-likeness (QED) is 0.0323. The highest BCUT2D eigenvalue weighted by molar-refractivity contribution is 6.38. The van der Waals surface area contributed by atoms with E-state index in [2.05, 4.69) is 34.4 Å². The molecule has 78 heavy (non-hydrogen) atoms. The van der Waals surface area contributed by atoms with Crippen molar-refractivity contribution in [2.75, 3.05) is 52.5 Å². The van der Waals surface area contributed by atoms with Crippen LogP contribution in [0.2, 0.25) is 0 Å². The maximum Gasteiger partial charge on any atom is 0.419 e. The van der Waals surface area contributed by atoms with Crippen LogP contribution in [0.5, 0.6) is 0 Å². The highest BCUT2D eigenvalue weighted by Crippen LogP contribution is 2.22. The van der Waals surface area contributed by atoms with Crippen LogP contribution < -0.4 is 21.3 Å². The van der Waals surface area contributed by atoms with Crippen molar-refractivity contribution in [2.45, 2.75) is 123 Å². The number of amides is 10. The number of urea groups is 2. The van der Waals surface area contributed by atoms with Gasteiger partial charge in [0, 0.05) is 39.0 Å². The first-order valence-electron chi connectivity index (χ1n) is 26.0. The number of aliphatic hydroxyl groups excluding tert-OH is 1. The third kappa shape index (κ3) is 20.4. The second kappa shape index (κ2) is 34.5. The normalized spacial score (nSPS) is 15.8. The minimum absolute atomic E-state index is 0.0554. The Kier molecular flexibility index (Phi) is 28.4. The molecule has 426 valence electrons. The second-order valence-corrected chi connectivity index (χ2v) is 17.7. The van der Waals surface area contributed by atoms with E-state index in [1.807, 2.05) is 13.0 Å². The number of imide groups is 2. The van der Waals surface area contributed by atoms with Crippen LogP contribution in [0.3, 0.4) is 0 Å². The predicted molar refractivity (Wildman–Crippen MR) is 281 cm³/mol. The molecule has 2 aromatic carbocycles. The molecular weight excluding hydrogens is 1020 g/mol. The van der Waals surface area contributed by atoms with Gasteiger partial charge in [-0.05, 0) is 50.7 Å². The van der Waals surface area contributed by atoms with Crippen molar-refractivity contribution < 1.29 is 76.8 Å². The molecule has 24 heteroatoms. The lowest BCUT2D eigenvalue weighted by Gasteiger charge is -2.26. The van der Waals surface area contributed by atoms with E-state index in [-0.39, 0.29) is 104 Å². The van der Waals surface area contributed by atoms with Gasteiger partial charge < -0.3 is 55.1 Å². The molecule has 0 bridgehead atoms. The smallest absolute Gasteiger partial charge is 0.419 e. The first-order chi connectivity index (χ1) is 37.5. The topological polar surface area (TPSA) is 306 Å². The fourth-order valence-electron chi connectivity index (χ4n) is 7.96. The van der Waals surface area contributed by atoms with Gasteiger partial charge in [0.25, 0.3) is 11.8 Å². The monoisotopic (exact) mass is 1090 g/mol. The molecule has 0 spiro atoms. The van der Waals surface area contributed by atoms with Crippen molar-refractivity contribution in [1.29, 1.82) is 0 Å². The van der Waals surface area contributed by atoms with Gasteiger partial charge in [0.2, 0.25) is 17.6 Å². The van der Waals surface area contributed by atoms with Gasteiger partial charge in [-0.3, -0.25) is 33.6 Å². The first-order valence-corrected chi connectivity index (χ1v) is 26.0. The minimum Gasteiger partial charge on any atom is -0.466 e. The van der Waals surface area contributed by atoms with Gasteiger partial charge in [-0.15, -0.1) is 13.2 Å². The van der Waals surface area contributed by atoms with Gasteiger partial charge in [-0.2, -0.15) is 0 Å². The van der Waals surface area contributed by atoms with Crippen LogP contribution in [0.15, 0.2) is 86.0 Å². The molecule has 0 saturated carbocycles. The Labute approximate surface area is 454 Å². The highest BCUT2D eigenvalue weighted by atomic mass is 16.6. The summed E-state index contributed by atoms with van der Waals surface area (Å²) in [6.07, 6.45) is 1.41. The molecule has 2 aromatic rings. The zero-order valence-electron chi connectivity index (χ0n) is 44.8. The standard InChI is InChI=1S/C27H38N4O8.C27H36N4O8/c2*1-4-11-20(23(33)25(35)28-15-5-2)29-24(34)21-17-30(16-10-14-22(32)38-6-3)26(36)31(21)27(37)39-18-19-12-8-7-9-13-19/h5,7-9,12-13,20-21,23,33H,2,4,6,10-11,14-18H2,1,3H3,(H,28,35)(H,29,34);5,7-9,12-13,20-21H,2,4,6,10-11,14-18H2,1,3H3,(H,28,35)(H,29,34)/t20?,21-,23?;20?,21-/m00/s1. The number of carbonyl (C=O) groups excluding carboxylic acids is 11. The lowest BCUT2D eigenvalue weighted by molar-refractivity contribution is -0.144. The van der Waals surface area contributed by atoms with Gasteiger partial charge in [0.1, 0.15) is 25.3 Å². The molecular formula is C54H74N8O16. The summed E-state index contributed by atoms with van der Waals surface area (Å²) in [6.45, 7) is 14.3. The van der Waals surface area contributed by atoms with Gasteiger partial charge in [0.15, 0.2) is 6.10 Å². The van der Waals surface area contributed by atoms with Gasteiger partial charge in [-0.25, -0.2) is 29.0 Å². The Morgan fingerprint density at radius 3 is 1.49 bits per heavy atom. The second-order valence-electron chi connectivity index (χ2n) is 17.7. The summed E-state index contributed by atoms with van der Waals surface area (Å²) < 4.78 is 20.4. The van der Waals surface area contributed by atoms with Crippen molar-refractivity contribution in [2.24, 2.45) is 0 Å². The lowest BCUT2D eigenvalue weighted by Crippen LogP contribution is -2.56. The maximum atomic E-state index is 13.3. The number of nitrogens with zero attached hydrogens (tertiary/aromatic N) is 4. The van der Waals surface area contributed by atoms with E-state index in [1.54, 1.807) is 75.4 Å². The number of aliphatic hydroxyl groups is 1. The summed E-state index contributed by atoms with van der Waals surface area (Å²) in [4.78, 5) is 144. The fourth-order valence-corrected chi connectivity index (χ4v) is 7.96. The third-order valence-corrected chi connectivity index (χ3v) is 11.8. The molecule has 4 rings (SSSR count). The Balaban J connectivity index is 0.000000410.